The highest BCUT2D eigenvalue weighted by Crippen LogP contribution is 2.17. The van der Waals surface area contributed by atoms with Crippen LogP contribution in [0.4, 0.5) is 0 Å². The van der Waals surface area contributed by atoms with Gasteiger partial charge in [0.25, 0.3) is 0 Å². The molecular weight excluding hydrogens is 224 g/mol. The fraction of sp³-hybridized carbons (Fsp3) is 1.00. The largest absolute Gasteiger partial charge is 0.373 e. The zero-order valence-electron chi connectivity index (χ0n) is 12.5. The van der Waals surface area contributed by atoms with Crippen molar-refractivity contribution in [2.24, 2.45) is 0 Å². The van der Waals surface area contributed by atoms with E-state index in [0.29, 0.717) is 12.2 Å². The average Bonchev–Trinajstić information content (AvgIpc) is 2.41. The molecule has 1 aliphatic heterocycles. The summed E-state index contributed by atoms with van der Waals surface area (Å²) in [5.41, 5.74) is 0. The Balaban J connectivity index is 1.95. The van der Waals surface area contributed by atoms with E-state index in [-0.39, 0.29) is 0 Å². The molecule has 0 aromatic heterocycles. The van der Waals surface area contributed by atoms with Gasteiger partial charge in [-0.25, -0.2) is 0 Å². The topological polar surface area (TPSA) is 18.5 Å². The molecule has 2 unspecified atom stereocenters. The zero-order chi connectivity index (χ0) is 13.1. The van der Waals surface area contributed by atoms with Gasteiger partial charge in [0.2, 0.25) is 0 Å². The minimum atomic E-state index is 0.369. The van der Waals surface area contributed by atoms with Gasteiger partial charge >= 0.3 is 0 Å². The van der Waals surface area contributed by atoms with Crippen molar-refractivity contribution >= 4 is 0 Å². The summed E-state index contributed by atoms with van der Waals surface area (Å²) in [7, 11) is 0. The first-order chi connectivity index (χ1) is 8.86. The van der Waals surface area contributed by atoms with Crippen LogP contribution in [-0.4, -0.2) is 25.4 Å². The molecule has 0 spiro atoms. The number of unbranched alkanes of at least 4 members (excludes halogenated alkanes) is 6. The maximum absolute atomic E-state index is 5.90. The Bertz CT molecular complexity index is 154. The first-order valence-corrected chi connectivity index (χ1v) is 8.10. The highest BCUT2D eigenvalue weighted by molar-refractivity contribution is 4.68. The normalized spacial score (nSPS) is 24.3. The number of hydrogen-bond acceptors (Lipinski definition) is 2. The Kier molecular flexibility index (Phi) is 9.59. The van der Waals surface area contributed by atoms with E-state index in [1.54, 1.807) is 0 Å². The lowest BCUT2D eigenvalue weighted by atomic mass is 10.1. The number of rotatable bonds is 10. The lowest BCUT2D eigenvalue weighted by Gasteiger charge is -2.29. The fourth-order valence-corrected chi connectivity index (χ4v) is 2.51. The minimum absolute atomic E-state index is 0.369. The monoisotopic (exact) mass is 256 g/mol. The van der Waals surface area contributed by atoms with Gasteiger partial charge in [-0.05, 0) is 12.8 Å². The Morgan fingerprint density at radius 1 is 0.667 bits per heavy atom. The lowest BCUT2D eigenvalue weighted by Crippen LogP contribution is -2.35. The van der Waals surface area contributed by atoms with Gasteiger partial charge in [0, 0.05) is 0 Å². The number of hydrogen-bond donors (Lipinski definition) is 0. The molecule has 1 rings (SSSR count). The second-order valence-electron chi connectivity index (χ2n) is 5.61. The van der Waals surface area contributed by atoms with Gasteiger partial charge < -0.3 is 9.47 Å². The molecule has 1 fully saturated rings. The molecule has 108 valence electrons. The van der Waals surface area contributed by atoms with E-state index in [1.165, 1.54) is 64.2 Å². The fourth-order valence-electron chi connectivity index (χ4n) is 2.51. The second kappa shape index (κ2) is 10.8. The van der Waals surface area contributed by atoms with Gasteiger partial charge in [-0.15, -0.1) is 0 Å². The highest BCUT2D eigenvalue weighted by atomic mass is 16.6. The third kappa shape index (κ3) is 7.38. The molecule has 0 N–H and O–H groups in total. The summed E-state index contributed by atoms with van der Waals surface area (Å²) in [5, 5.41) is 0. The summed E-state index contributed by atoms with van der Waals surface area (Å²) in [4.78, 5) is 0. The smallest absolute Gasteiger partial charge is 0.0810 e. The number of ether oxygens (including phenoxy) is 2. The van der Waals surface area contributed by atoms with Crippen LogP contribution >= 0.6 is 0 Å². The molecule has 1 saturated heterocycles. The quantitative estimate of drug-likeness (QED) is 0.527. The average molecular weight is 256 g/mol. The molecule has 1 heterocycles. The summed E-state index contributed by atoms with van der Waals surface area (Å²) < 4.78 is 11.8. The van der Waals surface area contributed by atoms with Crippen molar-refractivity contribution in [2.75, 3.05) is 13.2 Å². The van der Waals surface area contributed by atoms with Crippen LogP contribution in [0.25, 0.3) is 0 Å². The van der Waals surface area contributed by atoms with Gasteiger partial charge in [0.05, 0.1) is 25.4 Å². The molecule has 0 aliphatic carbocycles. The summed E-state index contributed by atoms with van der Waals surface area (Å²) in [6, 6.07) is 0. The van der Waals surface area contributed by atoms with Crippen molar-refractivity contribution in [3.8, 4) is 0 Å². The highest BCUT2D eigenvalue weighted by Gasteiger charge is 2.21. The second-order valence-corrected chi connectivity index (χ2v) is 5.61. The molecule has 0 aromatic carbocycles. The SMILES string of the molecule is CCCCCCC1COC(CCCCCC)CO1. The van der Waals surface area contributed by atoms with Crippen LogP contribution in [0.1, 0.15) is 78.1 Å². The van der Waals surface area contributed by atoms with E-state index in [2.05, 4.69) is 13.8 Å². The molecule has 0 radical (unpaired) electrons. The first kappa shape index (κ1) is 16.0. The third-order valence-corrected chi connectivity index (χ3v) is 3.79. The van der Waals surface area contributed by atoms with Crippen LogP contribution in [-0.2, 0) is 9.47 Å². The minimum Gasteiger partial charge on any atom is -0.373 e. The first-order valence-electron chi connectivity index (χ1n) is 8.10. The molecular formula is C16H32O2. The van der Waals surface area contributed by atoms with Crippen molar-refractivity contribution in [1.29, 1.82) is 0 Å². The lowest BCUT2D eigenvalue weighted by molar-refractivity contribution is -0.137. The molecule has 1 aliphatic rings. The Labute approximate surface area is 113 Å². The van der Waals surface area contributed by atoms with Crippen molar-refractivity contribution < 1.29 is 9.47 Å². The molecule has 2 atom stereocenters. The Hall–Kier alpha value is -0.0800. The van der Waals surface area contributed by atoms with Crippen LogP contribution in [0.2, 0.25) is 0 Å². The summed E-state index contributed by atoms with van der Waals surface area (Å²) in [6.07, 6.45) is 13.7. The van der Waals surface area contributed by atoms with Crippen molar-refractivity contribution in [2.45, 2.75) is 90.3 Å². The van der Waals surface area contributed by atoms with Gasteiger partial charge in [0.1, 0.15) is 0 Å². The predicted octanol–water partition coefficient (Wildman–Crippen LogP) is 4.71. The van der Waals surface area contributed by atoms with E-state index in [0.717, 1.165) is 13.2 Å². The molecule has 0 bridgehead atoms. The van der Waals surface area contributed by atoms with Gasteiger partial charge in [-0.2, -0.15) is 0 Å². The summed E-state index contributed by atoms with van der Waals surface area (Å²) in [6.45, 7) is 6.15. The van der Waals surface area contributed by atoms with E-state index in [1.807, 2.05) is 0 Å². The van der Waals surface area contributed by atoms with Crippen LogP contribution in [0, 0.1) is 0 Å². The van der Waals surface area contributed by atoms with E-state index in [4.69, 9.17) is 9.47 Å². The zero-order valence-corrected chi connectivity index (χ0v) is 12.5. The van der Waals surface area contributed by atoms with E-state index < -0.39 is 0 Å². The van der Waals surface area contributed by atoms with Crippen molar-refractivity contribution in [3.63, 3.8) is 0 Å². The van der Waals surface area contributed by atoms with E-state index in [9.17, 15) is 0 Å². The van der Waals surface area contributed by atoms with Crippen molar-refractivity contribution in [1.82, 2.24) is 0 Å². The van der Waals surface area contributed by atoms with E-state index >= 15 is 0 Å². The van der Waals surface area contributed by atoms with Gasteiger partial charge in [-0.3, -0.25) is 0 Å². The summed E-state index contributed by atoms with van der Waals surface area (Å²) in [5.74, 6) is 0. The van der Waals surface area contributed by atoms with Gasteiger partial charge in [-0.1, -0.05) is 65.2 Å². The molecule has 2 nitrogen and oxygen atoms in total. The predicted molar refractivity (Wildman–Crippen MR) is 77.0 cm³/mol. The molecule has 0 aromatic rings. The Morgan fingerprint density at radius 2 is 1.11 bits per heavy atom. The van der Waals surface area contributed by atoms with Crippen LogP contribution in [0.5, 0.6) is 0 Å². The van der Waals surface area contributed by atoms with Crippen molar-refractivity contribution in [3.05, 3.63) is 0 Å². The van der Waals surface area contributed by atoms with Crippen LogP contribution < -0.4 is 0 Å². The van der Waals surface area contributed by atoms with Gasteiger partial charge in [0.15, 0.2) is 0 Å². The van der Waals surface area contributed by atoms with Crippen LogP contribution in [0.15, 0.2) is 0 Å². The standard InChI is InChI=1S/C16H32O2/c1-3-5-7-9-11-15-13-18-16(14-17-15)12-10-8-6-4-2/h15-16H,3-14H2,1-2H3. The summed E-state index contributed by atoms with van der Waals surface area (Å²) >= 11 is 0. The molecule has 0 saturated carbocycles. The third-order valence-electron chi connectivity index (χ3n) is 3.79. The van der Waals surface area contributed by atoms with Crippen LogP contribution in [0.3, 0.4) is 0 Å². The Morgan fingerprint density at radius 3 is 1.44 bits per heavy atom. The maximum Gasteiger partial charge on any atom is 0.0810 e. The molecule has 0 amide bonds. The molecule has 2 heteroatoms. The maximum atomic E-state index is 5.90. The molecule has 18 heavy (non-hydrogen) atoms.